The Morgan fingerprint density at radius 2 is 2.18 bits per heavy atom. The summed E-state index contributed by atoms with van der Waals surface area (Å²) >= 11 is 0. The lowest BCUT2D eigenvalue weighted by Gasteiger charge is -2.30. The zero-order valence-corrected chi connectivity index (χ0v) is 11.5. The highest BCUT2D eigenvalue weighted by molar-refractivity contribution is 5.82. The van der Waals surface area contributed by atoms with Gasteiger partial charge in [0.05, 0.1) is 6.04 Å². The minimum Gasteiger partial charge on any atom is -0.396 e. The summed E-state index contributed by atoms with van der Waals surface area (Å²) in [7, 11) is 0. The Labute approximate surface area is 104 Å². The zero-order valence-electron chi connectivity index (χ0n) is 11.5. The molecule has 1 fully saturated rings. The van der Waals surface area contributed by atoms with Gasteiger partial charge in [0.25, 0.3) is 0 Å². The first-order chi connectivity index (χ1) is 7.85. The van der Waals surface area contributed by atoms with Crippen molar-refractivity contribution in [2.75, 3.05) is 26.2 Å². The lowest BCUT2D eigenvalue weighted by atomic mass is 9.93. The minimum absolute atomic E-state index is 0.0549. The molecule has 0 radical (unpaired) electrons. The Morgan fingerprint density at radius 1 is 1.53 bits per heavy atom. The van der Waals surface area contributed by atoms with Gasteiger partial charge in [-0.05, 0) is 17.8 Å². The standard InChI is InChI=1S/C13H26N2O2/c1-10(2)7-15-9-13(3,4)8-14-11(5-6-16)12(15)17/h10-11,14,16H,5-9H2,1-4H3. The Bertz CT molecular complexity index is 264. The van der Waals surface area contributed by atoms with Crippen LogP contribution in [0.4, 0.5) is 0 Å². The number of carbonyl (C=O) groups excluding carboxylic acids is 1. The Morgan fingerprint density at radius 3 is 2.71 bits per heavy atom. The maximum absolute atomic E-state index is 12.3. The largest absolute Gasteiger partial charge is 0.396 e. The van der Waals surface area contributed by atoms with Crippen molar-refractivity contribution in [3.63, 3.8) is 0 Å². The number of hydrogen-bond acceptors (Lipinski definition) is 3. The average molecular weight is 242 g/mol. The summed E-state index contributed by atoms with van der Waals surface area (Å²) in [5.74, 6) is 0.612. The van der Waals surface area contributed by atoms with E-state index in [0.29, 0.717) is 12.3 Å². The molecular formula is C13H26N2O2. The van der Waals surface area contributed by atoms with Gasteiger partial charge >= 0.3 is 0 Å². The van der Waals surface area contributed by atoms with Gasteiger partial charge < -0.3 is 15.3 Å². The molecule has 0 bridgehead atoms. The van der Waals surface area contributed by atoms with Crippen molar-refractivity contribution in [1.29, 1.82) is 0 Å². The van der Waals surface area contributed by atoms with E-state index in [1.807, 2.05) is 4.90 Å². The van der Waals surface area contributed by atoms with Crippen molar-refractivity contribution in [3.8, 4) is 0 Å². The van der Waals surface area contributed by atoms with Crippen LogP contribution in [0.15, 0.2) is 0 Å². The number of aliphatic hydroxyl groups is 1. The van der Waals surface area contributed by atoms with Gasteiger partial charge in [0.15, 0.2) is 0 Å². The van der Waals surface area contributed by atoms with Crippen LogP contribution in [0, 0.1) is 11.3 Å². The fourth-order valence-corrected chi connectivity index (χ4v) is 2.31. The van der Waals surface area contributed by atoms with Crippen LogP contribution >= 0.6 is 0 Å². The molecule has 0 saturated carbocycles. The van der Waals surface area contributed by atoms with E-state index >= 15 is 0 Å². The highest BCUT2D eigenvalue weighted by Crippen LogP contribution is 2.21. The molecule has 1 aliphatic heterocycles. The first-order valence-corrected chi connectivity index (χ1v) is 6.49. The van der Waals surface area contributed by atoms with Gasteiger partial charge in [-0.15, -0.1) is 0 Å². The number of aliphatic hydroxyl groups excluding tert-OH is 1. The molecule has 0 aliphatic carbocycles. The zero-order chi connectivity index (χ0) is 13.1. The molecule has 1 atom stereocenters. The molecule has 0 aromatic carbocycles. The highest BCUT2D eigenvalue weighted by Gasteiger charge is 2.34. The minimum atomic E-state index is -0.222. The van der Waals surface area contributed by atoms with Gasteiger partial charge in [-0.3, -0.25) is 4.79 Å². The Kier molecular flexibility index (Phi) is 4.95. The lowest BCUT2D eigenvalue weighted by Crippen LogP contribution is -2.45. The van der Waals surface area contributed by atoms with E-state index in [9.17, 15) is 4.79 Å². The van der Waals surface area contributed by atoms with Crippen LogP contribution in [0.3, 0.4) is 0 Å². The number of hydrogen-bond donors (Lipinski definition) is 2. The SMILES string of the molecule is CC(C)CN1CC(C)(C)CNC(CCO)C1=O. The van der Waals surface area contributed by atoms with Crippen LogP contribution in [0.5, 0.6) is 0 Å². The predicted octanol–water partition coefficient (Wildman–Crippen LogP) is 0.851. The van der Waals surface area contributed by atoms with E-state index in [0.717, 1.165) is 19.6 Å². The summed E-state index contributed by atoms with van der Waals surface area (Å²) in [4.78, 5) is 14.3. The third-order valence-corrected chi connectivity index (χ3v) is 3.06. The Hall–Kier alpha value is -0.610. The van der Waals surface area contributed by atoms with Crippen LogP contribution in [-0.2, 0) is 4.79 Å². The molecule has 2 N–H and O–H groups in total. The summed E-state index contributed by atoms with van der Waals surface area (Å²) < 4.78 is 0. The topological polar surface area (TPSA) is 52.6 Å². The number of rotatable bonds is 4. The molecule has 100 valence electrons. The van der Waals surface area contributed by atoms with Crippen LogP contribution in [-0.4, -0.2) is 48.2 Å². The van der Waals surface area contributed by atoms with Gasteiger partial charge in [-0.25, -0.2) is 0 Å². The molecule has 1 saturated heterocycles. The molecule has 0 aromatic rings. The molecule has 1 heterocycles. The summed E-state index contributed by atoms with van der Waals surface area (Å²) in [6.45, 7) is 11.0. The molecule has 1 aliphatic rings. The normalized spacial score (nSPS) is 25.2. The molecule has 17 heavy (non-hydrogen) atoms. The monoisotopic (exact) mass is 242 g/mol. The predicted molar refractivity (Wildman–Crippen MR) is 68.7 cm³/mol. The number of carbonyl (C=O) groups is 1. The van der Waals surface area contributed by atoms with Gasteiger partial charge in [0, 0.05) is 26.2 Å². The highest BCUT2D eigenvalue weighted by atomic mass is 16.3. The van der Waals surface area contributed by atoms with Crippen LogP contribution in [0.25, 0.3) is 0 Å². The first kappa shape index (κ1) is 14.5. The van der Waals surface area contributed by atoms with E-state index in [1.165, 1.54) is 0 Å². The summed E-state index contributed by atoms with van der Waals surface area (Å²) in [5.41, 5.74) is 0.0920. The smallest absolute Gasteiger partial charge is 0.239 e. The molecule has 4 nitrogen and oxygen atoms in total. The second-order valence-electron chi connectivity index (χ2n) is 6.22. The van der Waals surface area contributed by atoms with E-state index in [1.54, 1.807) is 0 Å². The fourth-order valence-electron chi connectivity index (χ4n) is 2.31. The number of nitrogens with one attached hydrogen (secondary N) is 1. The molecule has 0 aromatic heterocycles. The summed E-state index contributed by atoms with van der Waals surface area (Å²) in [5, 5.41) is 12.3. The first-order valence-electron chi connectivity index (χ1n) is 6.49. The molecule has 0 spiro atoms. The maximum Gasteiger partial charge on any atom is 0.239 e. The molecule has 4 heteroatoms. The van der Waals surface area contributed by atoms with E-state index in [4.69, 9.17) is 5.11 Å². The fraction of sp³-hybridized carbons (Fsp3) is 0.923. The van der Waals surface area contributed by atoms with Crippen molar-refractivity contribution in [3.05, 3.63) is 0 Å². The van der Waals surface area contributed by atoms with Crippen molar-refractivity contribution in [2.24, 2.45) is 11.3 Å². The molecule has 1 unspecified atom stereocenters. The average Bonchev–Trinajstić information content (AvgIpc) is 2.29. The number of nitrogens with zero attached hydrogens (tertiary/aromatic N) is 1. The van der Waals surface area contributed by atoms with Gasteiger partial charge in [0.2, 0.25) is 5.91 Å². The molecule has 1 amide bonds. The van der Waals surface area contributed by atoms with Gasteiger partial charge in [-0.1, -0.05) is 27.7 Å². The van der Waals surface area contributed by atoms with Crippen LogP contribution < -0.4 is 5.32 Å². The molecule has 1 rings (SSSR count). The van der Waals surface area contributed by atoms with Crippen LogP contribution in [0.1, 0.15) is 34.1 Å². The quantitative estimate of drug-likeness (QED) is 0.768. The van der Waals surface area contributed by atoms with Gasteiger partial charge in [0.1, 0.15) is 0 Å². The van der Waals surface area contributed by atoms with E-state index in [2.05, 4.69) is 33.0 Å². The second kappa shape index (κ2) is 5.83. The van der Waals surface area contributed by atoms with Crippen LogP contribution in [0.2, 0.25) is 0 Å². The van der Waals surface area contributed by atoms with E-state index in [-0.39, 0.29) is 24.0 Å². The summed E-state index contributed by atoms with van der Waals surface area (Å²) in [6, 6.07) is -0.222. The van der Waals surface area contributed by atoms with Gasteiger partial charge in [-0.2, -0.15) is 0 Å². The van der Waals surface area contributed by atoms with Crippen molar-refractivity contribution >= 4 is 5.91 Å². The summed E-state index contributed by atoms with van der Waals surface area (Å²) in [6.07, 6.45) is 0.503. The van der Waals surface area contributed by atoms with Crippen molar-refractivity contribution < 1.29 is 9.90 Å². The third-order valence-electron chi connectivity index (χ3n) is 3.06. The van der Waals surface area contributed by atoms with Crippen molar-refractivity contribution in [1.82, 2.24) is 10.2 Å². The van der Waals surface area contributed by atoms with E-state index < -0.39 is 0 Å². The third kappa shape index (κ3) is 4.28. The maximum atomic E-state index is 12.3. The Balaban J connectivity index is 2.79. The molecular weight excluding hydrogens is 216 g/mol. The van der Waals surface area contributed by atoms with Crippen molar-refractivity contribution in [2.45, 2.75) is 40.2 Å². The lowest BCUT2D eigenvalue weighted by molar-refractivity contribution is -0.134. The number of amides is 1. The second-order valence-corrected chi connectivity index (χ2v) is 6.22.